The molecular formula is C25H35ClN4O3. The van der Waals surface area contributed by atoms with Crippen LogP contribution in [0.4, 0.5) is 17.3 Å². The lowest BCUT2D eigenvalue weighted by Gasteiger charge is -2.39. The molecule has 2 aromatic heterocycles. The number of anilines is 3. The number of ether oxygens (including phenoxy) is 1. The van der Waals surface area contributed by atoms with Crippen LogP contribution in [0, 0.1) is 5.92 Å². The molecule has 1 aliphatic rings. The number of rotatable bonds is 10. The lowest BCUT2D eigenvalue weighted by Crippen LogP contribution is -2.42. The van der Waals surface area contributed by atoms with E-state index >= 15 is 0 Å². The van der Waals surface area contributed by atoms with Crippen molar-refractivity contribution in [1.29, 1.82) is 0 Å². The fourth-order valence-corrected chi connectivity index (χ4v) is 4.54. The summed E-state index contributed by atoms with van der Waals surface area (Å²) in [5.41, 5.74) is 1.71. The summed E-state index contributed by atoms with van der Waals surface area (Å²) in [6.07, 6.45) is 7.95. The van der Waals surface area contributed by atoms with Crippen LogP contribution in [-0.2, 0) is 9.53 Å². The van der Waals surface area contributed by atoms with Crippen molar-refractivity contribution < 1.29 is 14.6 Å². The number of hydrogen-bond acceptors (Lipinski definition) is 6. The van der Waals surface area contributed by atoms with Gasteiger partial charge in [-0.25, -0.2) is 9.97 Å². The second-order valence-electron chi connectivity index (χ2n) is 9.34. The van der Waals surface area contributed by atoms with Gasteiger partial charge in [0.25, 0.3) is 0 Å². The Morgan fingerprint density at radius 1 is 1.21 bits per heavy atom. The number of nitrogens with one attached hydrogen (secondary N) is 1. The van der Waals surface area contributed by atoms with Crippen LogP contribution in [0.2, 0.25) is 5.02 Å². The van der Waals surface area contributed by atoms with E-state index in [0.717, 1.165) is 49.3 Å². The monoisotopic (exact) mass is 474 g/mol. The number of methoxy groups -OCH3 is 1. The van der Waals surface area contributed by atoms with Crippen molar-refractivity contribution in [2.75, 3.05) is 23.9 Å². The summed E-state index contributed by atoms with van der Waals surface area (Å²) in [4.78, 5) is 22.9. The van der Waals surface area contributed by atoms with Crippen LogP contribution in [0.15, 0.2) is 30.6 Å². The molecule has 33 heavy (non-hydrogen) atoms. The van der Waals surface area contributed by atoms with E-state index in [0.29, 0.717) is 28.9 Å². The molecule has 0 unspecified atom stereocenters. The molecule has 2 aromatic rings. The predicted octanol–water partition coefficient (Wildman–Crippen LogP) is 5.87. The molecule has 0 spiro atoms. The average molecular weight is 475 g/mol. The van der Waals surface area contributed by atoms with Crippen molar-refractivity contribution in [3.05, 3.63) is 41.2 Å². The number of pyridine rings is 2. The van der Waals surface area contributed by atoms with E-state index in [2.05, 4.69) is 29.0 Å². The predicted molar refractivity (Wildman–Crippen MR) is 133 cm³/mol. The second-order valence-corrected chi connectivity index (χ2v) is 9.77. The summed E-state index contributed by atoms with van der Waals surface area (Å²) < 4.78 is 5.58. The van der Waals surface area contributed by atoms with Gasteiger partial charge in [-0.1, -0.05) is 32.4 Å². The smallest absolute Gasteiger partial charge is 0.303 e. The van der Waals surface area contributed by atoms with E-state index < -0.39 is 5.97 Å². The van der Waals surface area contributed by atoms with Crippen LogP contribution in [-0.4, -0.2) is 46.8 Å². The van der Waals surface area contributed by atoms with Crippen LogP contribution in [0.5, 0.6) is 0 Å². The maximum absolute atomic E-state index is 11.3. The van der Waals surface area contributed by atoms with Crippen LogP contribution < -0.4 is 10.2 Å². The summed E-state index contributed by atoms with van der Waals surface area (Å²) in [6.45, 7) is 7.21. The van der Waals surface area contributed by atoms with Gasteiger partial charge in [-0.15, -0.1) is 0 Å². The molecule has 1 aliphatic carbocycles. The minimum absolute atomic E-state index is 0.0520. The van der Waals surface area contributed by atoms with Gasteiger partial charge in [-0.2, -0.15) is 0 Å². The van der Waals surface area contributed by atoms with Gasteiger partial charge >= 0.3 is 5.97 Å². The highest BCUT2D eigenvalue weighted by Gasteiger charge is 2.29. The number of aromatic nitrogens is 2. The zero-order valence-electron chi connectivity index (χ0n) is 19.9. The standard InChI is InChI=1S/C25H35ClN4O3/c1-16(2)15-30(20-6-8-21(33-4)9-7-20)25-22(29-23-10-5-19(26)14-27-23)12-18(13-28-25)17(3)11-24(31)32/h5,10,12-14,16-17,20-21H,6-9,11,15H2,1-4H3,(H,27,29)(H,31,32)/t17-,20?,21?/m1/s1. The molecule has 1 fully saturated rings. The largest absolute Gasteiger partial charge is 0.481 e. The summed E-state index contributed by atoms with van der Waals surface area (Å²) in [5, 5.41) is 13.2. The molecule has 3 rings (SSSR count). The molecule has 1 saturated carbocycles. The highest BCUT2D eigenvalue weighted by Crippen LogP contribution is 2.35. The Balaban J connectivity index is 1.98. The van der Waals surface area contributed by atoms with E-state index in [1.165, 1.54) is 0 Å². The average Bonchev–Trinajstić information content (AvgIpc) is 2.78. The van der Waals surface area contributed by atoms with Crippen molar-refractivity contribution >= 4 is 34.9 Å². The first-order chi connectivity index (χ1) is 15.8. The Morgan fingerprint density at radius 3 is 2.52 bits per heavy atom. The first-order valence-corrected chi connectivity index (χ1v) is 12.0. The van der Waals surface area contributed by atoms with Crippen molar-refractivity contribution in [3.63, 3.8) is 0 Å². The van der Waals surface area contributed by atoms with Gasteiger partial charge in [-0.3, -0.25) is 4.79 Å². The van der Waals surface area contributed by atoms with Gasteiger partial charge in [-0.05, 0) is 61.3 Å². The van der Waals surface area contributed by atoms with Crippen LogP contribution in [0.3, 0.4) is 0 Å². The molecule has 0 bridgehead atoms. The number of carboxylic acid groups (broad SMARTS) is 1. The van der Waals surface area contributed by atoms with Gasteiger partial charge in [0.1, 0.15) is 5.82 Å². The normalized spacial score (nSPS) is 19.3. The molecule has 2 heterocycles. The molecule has 0 saturated heterocycles. The minimum Gasteiger partial charge on any atom is -0.481 e. The second kappa shape index (κ2) is 11.7. The maximum Gasteiger partial charge on any atom is 0.303 e. The molecule has 1 atom stereocenters. The van der Waals surface area contributed by atoms with Crippen LogP contribution in [0.1, 0.15) is 64.4 Å². The quantitative estimate of drug-likeness (QED) is 0.445. The van der Waals surface area contributed by atoms with E-state index in [9.17, 15) is 9.90 Å². The van der Waals surface area contributed by atoms with Crippen molar-refractivity contribution in [3.8, 4) is 0 Å². The first-order valence-electron chi connectivity index (χ1n) is 11.7. The number of nitrogens with zero attached hydrogens (tertiary/aromatic N) is 3. The Labute approximate surface area is 201 Å². The molecule has 8 heteroatoms. The summed E-state index contributed by atoms with van der Waals surface area (Å²) in [5.74, 6) is 1.01. The Kier molecular flexibility index (Phi) is 8.92. The number of hydrogen-bond donors (Lipinski definition) is 2. The minimum atomic E-state index is -0.822. The van der Waals surface area contributed by atoms with Gasteiger partial charge < -0.3 is 20.1 Å². The molecule has 0 aliphatic heterocycles. The number of aliphatic carboxylic acids is 1. The molecule has 0 radical (unpaired) electrons. The Hall–Kier alpha value is -2.38. The number of carbonyl (C=O) groups is 1. The first kappa shape index (κ1) is 25.2. The van der Waals surface area contributed by atoms with Gasteiger partial charge in [0.15, 0.2) is 5.82 Å². The third kappa shape index (κ3) is 7.05. The molecule has 180 valence electrons. The molecule has 0 aromatic carbocycles. The van der Waals surface area contributed by atoms with Crippen molar-refractivity contribution in [2.24, 2.45) is 5.92 Å². The zero-order chi connectivity index (χ0) is 24.0. The van der Waals surface area contributed by atoms with Gasteiger partial charge in [0.2, 0.25) is 0 Å². The molecule has 2 N–H and O–H groups in total. The number of halogens is 1. The molecule has 0 amide bonds. The fourth-order valence-electron chi connectivity index (χ4n) is 4.43. The topological polar surface area (TPSA) is 87.6 Å². The van der Waals surface area contributed by atoms with E-state index in [4.69, 9.17) is 21.3 Å². The van der Waals surface area contributed by atoms with E-state index in [1.807, 2.05) is 25.3 Å². The Morgan fingerprint density at radius 2 is 1.94 bits per heavy atom. The summed E-state index contributed by atoms with van der Waals surface area (Å²) >= 11 is 6.02. The van der Waals surface area contributed by atoms with Crippen LogP contribution in [0.25, 0.3) is 0 Å². The maximum atomic E-state index is 11.3. The molecular weight excluding hydrogens is 440 g/mol. The summed E-state index contributed by atoms with van der Waals surface area (Å²) in [7, 11) is 1.79. The molecule has 7 nitrogen and oxygen atoms in total. The van der Waals surface area contributed by atoms with Crippen molar-refractivity contribution in [1.82, 2.24) is 9.97 Å². The lowest BCUT2D eigenvalue weighted by molar-refractivity contribution is -0.137. The Bertz CT molecular complexity index is 914. The summed E-state index contributed by atoms with van der Waals surface area (Å²) in [6, 6.07) is 6.00. The third-order valence-corrected chi connectivity index (χ3v) is 6.40. The van der Waals surface area contributed by atoms with E-state index in [1.54, 1.807) is 19.4 Å². The lowest BCUT2D eigenvalue weighted by atomic mass is 9.91. The SMILES string of the molecule is COC1CCC(N(CC(C)C)c2ncc([C@H](C)CC(=O)O)cc2Nc2ccc(Cl)cn2)CC1. The van der Waals surface area contributed by atoms with Crippen LogP contribution >= 0.6 is 11.6 Å². The highest BCUT2D eigenvalue weighted by molar-refractivity contribution is 6.30. The van der Waals surface area contributed by atoms with Gasteiger partial charge in [0.05, 0.1) is 23.2 Å². The number of carboxylic acids is 1. The third-order valence-electron chi connectivity index (χ3n) is 6.18. The highest BCUT2D eigenvalue weighted by atomic mass is 35.5. The van der Waals surface area contributed by atoms with Gasteiger partial charge in [0, 0.05) is 32.1 Å². The zero-order valence-corrected chi connectivity index (χ0v) is 20.7. The van der Waals surface area contributed by atoms with Crippen molar-refractivity contribution in [2.45, 2.75) is 70.9 Å². The fraction of sp³-hybridized carbons (Fsp3) is 0.560. The van der Waals surface area contributed by atoms with E-state index in [-0.39, 0.29) is 12.3 Å².